The highest BCUT2D eigenvalue weighted by Crippen LogP contribution is 2.23. The fourth-order valence-corrected chi connectivity index (χ4v) is 3.60. The van der Waals surface area contributed by atoms with Crippen LogP contribution in [0.1, 0.15) is 56.4 Å². The summed E-state index contributed by atoms with van der Waals surface area (Å²) in [5, 5.41) is 3.21. The van der Waals surface area contributed by atoms with Crippen LogP contribution in [0.2, 0.25) is 0 Å². The van der Waals surface area contributed by atoms with Gasteiger partial charge < -0.3 is 5.32 Å². The molecule has 1 atom stereocenters. The number of imidazole rings is 1. The van der Waals surface area contributed by atoms with Crippen molar-refractivity contribution >= 4 is 17.4 Å². The number of nitrogens with zero attached hydrogens (tertiary/aromatic N) is 2. The van der Waals surface area contributed by atoms with E-state index >= 15 is 0 Å². The van der Waals surface area contributed by atoms with E-state index in [0.717, 1.165) is 55.7 Å². The van der Waals surface area contributed by atoms with Gasteiger partial charge >= 0.3 is 0 Å². The zero-order valence-electron chi connectivity index (χ0n) is 17.2. The lowest BCUT2D eigenvalue weighted by atomic mass is 9.98. The van der Waals surface area contributed by atoms with Crippen LogP contribution in [0.3, 0.4) is 0 Å². The lowest BCUT2D eigenvalue weighted by molar-refractivity contribution is -0.120. The molecule has 3 rings (SSSR count). The van der Waals surface area contributed by atoms with Crippen LogP contribution in [0.25, 0.3) is 5.65 Å². The summed E-state index contributed by atoms with van der Waals surface area (Å²) in [6, 6.07) is 14.5. The lowest BCUT2D eigenvalue weighted by Crippen LogP contribution is -2.23. The molecule has 0 aliphatic carbocycles. The Balaban J connectivity index is 1.86. The number of unbranched alkanes of at least 4 members (excludes halogenated alkanes) is 1. The molecule has 0 bridgehead atoms. The second-order valence-electron chi connectivity index (χ2n) is 7.56. The Morgan fingerprint density at radius 3 is 2.64 bits per heavy atom. The van der Waals surface area contributed by atoms with Crippen molar-refractivity contribution in [1.82, 2.24) is 9.38 Å². The van der Waals surface area contributed by atoms with Crippen LogP contribution in [-0.2, 0) is 17.6 Å². The van der Waals surface area contributed by atoms with Gasteiger partial charge in [0.2, 0.25) is 5.91 Å². The minimum Gasteiger partial charge on any atom is -0.310 e. The summed E-state index contributed by atoms with van der Waals surface area (Å²) < 4.78 is 2.01. The SMILES string of the molecule is CCCC[C@@H](CC)C(=O)Nc1c(CCc2ccccc2)nc2cc(C)ccn12. The van der Waals surface area contributed by atoms with E-state index in [4.69, 9.17) is 4.98 Å². The fraction of sp³-hybridized carbons (Fsp3) is 0.417. The number of pyridine rings is 1. The van der Waals surface area contributed by atoms with E-state index in [0.29, 0.717) is 0 Å². The van der Waals surface area contributed by atoms with E-state index in [1.807, 2.05) is 16.7 Å². The van der Waals surface area contributed by atoms with Gasteiger partial charge in [0.05, 0.1) is 5.69 Å². The second kappa shape index (κ2) is 9.54. The Morgan fingerprint density at radius 1 is 1.14 bits per heavy atom. The van der Waals surface area contributed by atoms with Gasteiger partial charge in [0.15, 0.2) is 0 Å². The first-order valence-corrected chi connectivity index (χ1v) is 10.4. The van der Waals surface area contributed by atoms with Gasteiger partial charge in [0.25, 0.3) is 0 Å². The number of anilines is 1. The molecule has 3 aromatic rings. The first-order chi connectivity index (χ1) is 13.6. The molecule has 0 unspecified atom stereocenters. The maximum Gasteiger partial charge on any atom is 0.228 e. The number of nitrogens with one attached hydrogen (secondary N) is 1. The Kier molecular flexibility index (Phi) is 6.85. The quantitative estimate of drug-likeness (QED) is 0.529. The van der Waals surface area contributed by atoms with Gasteiger partial charge in [-0.2, -0.15) is 0 Å². The normalized spacial score (nSPS) is 12.2. The fourth-order valence-electron chi connectivity index (χ4n) is 3.60. The van der Waals surface area contributed by atoms with E-state index in [9.17, 15) is 4.79 Å². The van der Waals surface area contributed by atoms with Crippen molar-refractivity contribution in [2.75, 3.05) is 5.32 Å². The summed E-state index contributed by atoms with van der Waals surface area (Å²) in [5.74, 6) is 0.989. The molecule has 28 heavy (non-hydrogen) atoms. The van der Waals surface area contributed by atoms with Crippen molar-refractivity contribution in [3.8, 4) is 0 Å². The average Bonchev–Trinajstić information content (AvgIpc) is 3.04. The number of aryl methyl sites for hydroxylation is 3. The Hall–Kier alpha value is -2.62. The Bertz CT molecular complexity index is 914. The summed E-state index contributed by atoms with van der Waals surface area (Å²) in [7, 11) is 0. The molecular weight excluding hydrogens is 346 g/mol. The van der Waals surface area contributed by atoms with E-state index in [2.05, 4.69) is 62.5 Å². The maximum atomic E-state index is 12.9. The first-order valence-electron chi connectivity index (χ1n) is 10.4. The molecule has 4 heteroatoms. The monoisotopic (exact) mass is 377 g/mol. The molecule has 0 aliphatic heterocycles. The second-order valence-corrected chi connectivity index (χ2v) is 7.56. The van der Waals surface area contributed by atoms with E-state index < -0.39 is 0 Å². The van der Waals surface area contributed by atoms with Crippen LogP contribution in [0.5, 0.6) is 0 Å². The molecule has 1 amide bonds. The number of amides is 1. The van der Waals surface area contributed by atoms with Gasteiger partial charge in [0, 0.05) is 12.1 Å². The van der Waals surface area contributed by atoms with Gasteiger partial charge in [-0.1, -0.05) is 57.0 Å². The Labute approximate surface area is 168 Å². The summed E-state index contributed by atoms with van der Waals surface area (Å²) in [6.45, 7) is 6.32. The molecule has 0 saturated carbocycles. The zero-order chi connectivity index (χ0) is 19.9. The topological polar surface area (TPSA) is 46.4 Å². The third kappa shape index (κ3) is 4.80. The van der Waals surface area contributed by atoms with Crippen LogP contribution >= 0.6 is 0 Å². The highest BCUT2D eigenvalue weighted by Gasteiger charge is 2.20. The molecule has 0 saturated heterocycles. The largest absolute Gasteiger partial charge is 0.310 e. The minimum atomic E-state index is 0.0536. The van der Waals surface area contributed by atoms with Gasteiger partial charge in [-0.25, -0.2) is 4.98 Å². The van der Waals surface area contributed by atoms with Gasteiger partial charge in [-0.05, 0) is 55.9 Å². The first kappa shape index (κ1) is 20.1. The van der Waals surface area contributed by atoms with Crippen molar-refractivity contribution in [3.05, 3.63) is 65.5 Å². The summed E-state index contributed by atoms with van der Waals surface area (Å²) in [6.07, 6.45) is 7.70. The van der Waals surface area contributed by atoms with Crippen LogP contribution in [0, 0.1) is 12.8 Å². The van der Waals surface area contributed by atoms with Crippen molar-refractivity contribution in [1.29, 1.82) is 0 Å². The predicted octanol–water partition coefficient (Wildman–Crippen LogP) is 5.58. The van der Waals surface area contributed by atoms with Gasteiger partial charge in [-0.15, -0.1) is 0 Å². The van der Waals surface area contributed by atoms with Crippen LogP contribution in [-0.4, -0.2) is 15.3 Å². The van der Waals surface area contributed by atoms with Gasteiger partial charge in [-0.3, -0.25) is 9.20 Å². The molecule has 2 aromatic heterocycles. The summed E-state index contributed by atoms with van der Waals surface area (Å²) in [4.78, 5) is 17.8. The van der Waals surface area contributed by atoms with Crippen LogP contribution in [0.15, 0.2) is 48.7 Å². The van der Waals surface area contributed by atoms with Crippen molar-refractivity contribution < 1.29 is 4.79 Å². The molecule has 0 spiro atoms. The average molecular weight is 378 g/mol. The number of hydrogen-bond donors (Lipinski definition) is 1. The summed E-state index contributed by atoms with van der Waals surface area (Å²) in [5.41, 5.74) is 4.29. The standard InChI is InChI=1S/C24H31N3O/c1-4-6-12-20(5-2)24(28)26-23-21(14-13-19-10-8-7-9-11-19)25-22-17-18(3)15-16-27(22)23/h7-11,15-17,20H,4-6,12-14H2,1-3H3,(H,26,28)/t20-/m1/s1. The summed E-state index contributed by atoms with van der Waals surface area (Å²) >= 11 is 0. The number of rotatable bonds is 9. The number of carbonyl (C=O) groups excluding carboxylic acids is 1. The highest BCUT2D eigenvalue weighted by molar-refractivity contribution is 5.92. The molecule has 148 valence electrons. The zero-order valence-corrected chi connectivity index (χ0v) is 17.2. The van der Waals surface area contributed by atoms with E-state index in [1.54, 1.807) is 0 Å². The van der Waals surface area contributed by atoms with Crippen LogP contribution < -0.4 is 5.32 Å². The molecule has 0 aliphatic rings. The number of fused-ring (bicyclic) bond motifs is 1. The molecule has 0 radical (unpaired) electrons. The number of benzene rings is 1. The molecule has 0 fully saturated rings. The molecule has 1 N–H and O–H groups in total. The third-order valence-corrected chi connectivity index (χ3v) is 5.36. The smallest absolute Gasteiger partial charge is 0.228 e. The third-order valence-electron chi connectivity index (χ3n) is 5.36. The molecule has 1 aromatic carbocycles. The highest BCUT2D eigenvalue weighted by atomic mass is 16.2. The molecule has 2 heterocycles. The lowest BCUT2D eigenvalue weighted by Gasteiger charge is -2.15. The van der Waals surface area contributed by atoms with Crippen molar-refractivity contribution in [2.45, 2.75) is 59.3 Å². The number of aromatic nitrogens is 2. The molecule has 4 nitrogen and oxygen atoms in total. The van der Waals surface area contributed by atoms with Crippen molar-refractivity contribution in [3.63, 3.8) is 0 Å². The maximum absolute atomic E-state index is 12.9. The number of carbonyl (C=O) groups is 1. The Morgan fingerprint density at radius 2 is 1.93 bits per heavy atom. The van der Waals surface area contributed by atoms with E-state index in [-0.39, 0.29) is 11.8 Å². The van der Waals surface area contributed by atoms with E-state index in [1.165, 1.54) is 11.1 Å². The number of hydrogen-bond acceptors (Lipinski definition) is 2. The predicted molar refractivity (Wildman–Crippen MR) is 116 cm³/mol. The van der Waals surface area contributed by atoms with Gasteiger partial charge in [0.1, 0.15) is 11.5 Å². The van der Waals surface area contributed by atoms with Crippen molar-refractivity contribution in [2.24, 2.45) is 5.92 Å². The molecular formula is C24H31N3O. The van der Waals surface area contributed by atoms with Crippen LogP contribution in [0.4, 0.5) is 5.82 Å². The minimum absolute atomic E-state index is 0.0536.